The Labute approximate surface area is 186 Å². The maximum absolute atomic E-state index is 11.3. The van der Waals surface area contributed by atoms with Crippen LogP contribution in [0.1, 0.15) is 51.2 Å². The Kier molecular flexibility index (Phi) is 10.6. The number of rotatable bonds is 8. The quantitative estimate of drug-likeness (QED) is 0.286. The molecule has 0 aliphatic rings. The van der Waals surface area contributed by atoms with Crippen molar-refractivity contribution in [3.05, 3.63) is 59.7 Å². The van der Waals surface area contributed by atoms with E-state index in [1.807, 2.05) is 25.1 Å². The summed E-state index contributed by atoms with van der Waals surface area (Å²) in [4.78, 5) is 11.3. The minimum atomic E-state index is -0.441. The molecule has 1 unspecified atom stereocenters. The predicted molar refractivity (Wildman–Crippen MR) is 97.8 cm³/mol. The molecule has 2 aromatic carbocycles. The van der Waals surface area contributed by atoms with Crippen LogP contribution in [0.4, 0.5) is 0 Å². The molecule has 25 heavy (non-hydrogen) atoms. The van der Waals surface area contributed by atoms with E-state index in [1.54, 1.807) is 13.0 Å². The van der Waals surface area contributed by atoms with Gasteiger partial charge in [-0.2, -0.15) is 0 Å². The zero-order chi connectivity index (χ0) is 17.4. The van der Waals surface area contributed by atoms with Gasteiger partial charge in [-0.15, -0.1) is 0 Å². The van der Waals surface area contributed by atoms with Crippen molar-refractivity contribution in [1.82, 2.24) is 0 Å². The van der Waals surface area contributed by atoms with Gasteiger partial charge in [-0.3, -0.25) is 0 Å². The predicted octanol–water partition coefficient (Wildman–Crippen LogP) is 4.94. The molecule has 2 rings (SSSR count). The fraction of sp³-hybridized carbons (Fsp3) is 0.381. The fourth-order valence-corrected chi connectivity index (χ4v) is 2.78. The van der Waals surface area contributed by atoms with Crippen LogP contribution >= 0.6 is 0 Å². The van der Waals surface area contributed by atoms with Crippen molar-refractivity contribution < 1.29 is 58.7 Å². The Morgan fingerprint density at radius 2 is 1.88 bits per heavy atom. The third kappa shape index (κ3) is 7.61. The molecule has 0 saturated carbocycles. The summed E-state index contributed by atoms with van der Waals surface area (Å²) in [5.41, 5.74) is 1.99. The molecule has 0 amide bonds. The van der Waals surface area contributed by atoms with Crippen LogP contribution in [0.15, 0.2) is 54.1 Å². The molecule has 0 aliphatic carbocycles. The standard InChI is InChI=1S/C21H26O3.Ac/c1-3-24-21(23)14-16(2)8-4-7-11-20(22)19-13-12-17-9-5-6-10-18(17)15-19;/h5-6,9-10,12-15,20,22H,3-4,7-8,11H2,1-2H3;/b16-14+;. The summed E-state index contributed by atoms with van der Waals surface area (Å²) >= 11 is 0. The topological polar surface area (TPSA) is 46.5 Å². The van der Waals surface area contributed by atoms with E-state index in [0.717, 1.165) is 42.2 Å². The van der Waals surface area contributed by atoms with Crippen LogP contribution < -0.4 is 0 Å². The van der Waals surface area contributed by atoms with Crippen LogP contribution in [0, 0.1) is 44.1 Å². The van der Waals surface area contributed by atoms with Gasteiger partial charge in [0.2, 0.25) is 0 Å². The van der Waals surface area contributed by atoms with E-state index < -0.39 is 6.10 Å². The van der Waals surface area contributed by atoms with E-state index in [4.69, 9.17) is 4.74 Å². The van der Waals surface area contributed by atoms with Crippen molar-refractivity contribution in [2.24, 2.45) is 0 Å². The number of carbonyl (C=O) groups is 1. The first kappa shape index (κ1) is 22.4. The molecule has 131 valence electrons. The second-order valence-corrected chi connectivity index (χ2v) is 6.11. The van der Waals surface area contributed by atoms with Gasteiger partial charge >= 0.3 is 5.97 Å². The van der Waals surface area contributed by atoms with Gasteiger partial charge in [0.25, 0.3) is 0 Å². The minimum absolute atomic E-state index is 0. The van der Waals surface area contributed by atoms with Crippen LogP contribution in [0.2, 0.25) is 0 Å². The van der Waals surface area contributed by atoms with E-state index in [0.29, 0.717) is 6.61 Å². The zero-order valence-electron chi connectivity index (χ0n) is 15.1. The van der Waals surface area contributed by atoms with Crippen LogP contribution in [0.25, 0.3) is 10.8 Å². The SMILES string of the molecule is CCOC(=O)/C=C(\C)CCCCC(O)c1ccc2ccccc2c1.[Ac]. The maximum Gasteiger partial charge on any atom is 0.330 e. The monoisotopic (exact) mass is 553 g/mol. The molecule has 0 fully saturated rings. The molecule has 1 radical (unpaired) electrons. The minimum Gasteiger partial charge on any atom is -0.463 e. The third-order valence-electron chi connectivity index (χ3n) is 4.11. The summed E-state index contributed by atoms with van der Waals surface area (Å²) in [6, 6.07) is 14.3. The van der Waals surface area contributed by atoms with E-state index in [2.05, 4.69) is 24.3 Å². The molecule has 1 atom stereocenters. The van der Waals surface area contributed by atoms with Crippen molar-refractivity contribution in [3.63, 3.8) is 0 Å². The number of carbonyl (C=O) groups excluding carboxylic acids is 1. The Morgan fingerprint density at radius 3 is 2.60 bits per heavy atom. The summed E-state index contributed by atoms with van der Waals surface area (Å²) in [5.74, 6) is -0.272. The van der Waals surface area contributed by atoms with Gasteiger partial charge in [-0.05, 0) is 55.5 Å². The van der Waals surface area contributed by atoms with E-state index in [1.165, 1.54) is 5.39 Å². The molecule has 0 aliphatic heterocycles. The molecule has 0 saturated heterocycles. The van der Waals surface area contributed by atoms with Gasteiger partial charge in [0.1, 0.15) is 0 Å². The molecule has 3 nitrogen and oxygen atoms in total. The van der Waals surface area contributed by atoms with Crippen molar-refractivity contribution in [1.29, 1.82) is 0 Å². The zero-order valence-corrected chi connectivity index (χ0v) is 19.8. The van der Waals surface area contributed by atoms with E-state index in [9.17, 15) is 9.90 Å². The first-order valence-electron chi connectivity index (χ1n) is 8.61. The number of hydrogen-bond acceptors (Lipinski definition) is 3. The molecule has 0 heterocycles. The van der Waals surface area contributed by atoms with E-state index >= 15 is 0 Å². The van der Waals surface area contributed by atoms with Crippen molar-refractivity contribution in [3.8, 4) is 0 Å². The number of unbranched alkanes of at least 4 members (excludes halogenated alkanes) is 1. The van der Waals surface area contributed by atoms with Crippen molar-refractivity contribution in [2.45, 2.75) is 45.6 Å². The van der Waals surface area contributed by atoms with Gasteiger partial charge in [-0.25, -0.2) is 4.79 Å². The number of esters is 1. The molecule has 4 heteroatoms. The van der Waals surface area contributed by atoms with Crippen LogP contribution in [0.3, 0.4) is 0 Å². The van der Waals surface area contributed by atoms with Gasteiger partial charge in [0.15, 0.2) is 0 Å². The summed E-state index contributed by atoms with van der Waals surface area (Å²) in [7, 11) is 0. The Bertz CT molecular complexity index is 709. The molecule has 0 bridgehead atoms. The normalized spacial score (nSPS) is 12.5. The second-order valence-electron chi connectivity index (χ2n) is 6.11. The first-order chi connectivity index (χ1) is 11.6. The third-order valence-corrected chi connectivity index (χ3v) is 4.11. The number of aliphatic hydroxyl groups excluding tert-OH is 1. The van der Waals surface area contributed by atoms with Gasteiger partial charge in [0, 0.05) is 50.1 Å². The van der Waals surface area contributed by atoms with Gasteiger partial charge in [0.05, 0.1) is 12.7 Å². The summed E-state index contributed by atoms with van der Waals surface area (Å²) in [5, 5.41) is 12.7. The Balaban J connectivity index is 0.00000312. The summed E-state index contributed by atoms with van der Waals surface area (Å²) in [6.07, 6.45) is 4.57. The molecular formula is C21H26AcO3. The summed E-state index contributed by atoms with van der Waals surface area (Å²) < 4.78 is 4.89. The summed E-state index contributed by atoms with van der Waals surface area (Å²) in [6.45, 7) is 4.15. The smallest absolute Gasteiger partial charge is 0.330 e. The van der Waals surface area contributed by atoms with E-state index in [-0.39, 0.29) is 50.0 Å². The largest absolute Gasteiger partial charge is 0.463 e. The van der Waals surface area contributed by atoms with Crippen LogP contribution in [-0.4, -0.2) is 17.7 Å². The van der Waals surface area contributed by atoms with Gasteiger partial charge in [-0.1, -0.05) is 48.4 Å². The second kappa shape index (κ2) is 11.8. The van der Waals surface area contributed by atoms with Crippen LogP contribution in [0.5, 0.6) is 0 Å². The number of aliphatic hydroxyl groups is 1. The average Bonchev–Trinajstić information content (AvgIpc) is 2.58. The number of benzene rings is 2. The first-order valence-corrected chi connectivity index (χ1v) is 8.61. The number of fused-ring (bicyclic) bond motifs is 1. The molecule has 0 aromatic heterocycles. The number of ether oxygens (including phenoxy) is 1. The van der Waals surface area contributed by atoms with Crippen LogP contribution in [-0.2, 0) is 9.53 Å². The Hall–Kier alpha value is -0.688. The maximum atomic E-state index is 11.3. The van der Waals surface area contributed by atoms with Gasteiger partial charge < -0.3 is 9.84 Å². The van der Waals surface area contributed by atoms with Crippen molar-refractivity contribution >= 4 is 16.7 Å². The average molecular weight is 553 g/mol. The molecule has 1 N–H and O–H groups in total. The molecular weight excluding hydrogens is 527 g/mol. The molecule has 0 spiro atoms. The fourth-order valence-electron chi connectivity index (χ4n) is 2.78. The Morgan fingerprint density at radius 1 is 1.16 bits per heavy atom. The number of hydrogen-bond donors (Lipinski definition) is 1. The molecule has 2 aromatic rings. The number of allylic oxidation sites excluding steroid dienone is 1. The van der Waals surface area contributed by atoms with Crippen molar-refractivity contribution in [2.75, 3.05) is 6.61 Å².